The zero-order valence-electron chi connectivity index (χ0n) is 10.7. The Morgan fingerprint density at radius 2 is 1.67 bits per heavy atom. The van der Waals surface area contributed by atoms with Crippen molar-refractivity contribution in [2.24, 2.45) is 0 Å². The second-order valence-electron chi connectivity index (χ2n) is 5.82. The summed E-state index contributed by atoms with van der Waals surface area (Å²) in [5.41, 5.74) is 0.927. The van der Waals surface area contributed by atoms with Gasteiger partial charge < -0.3 is 5.11 Å². The first-order chi connectivity index (χ1) is 8.69. The highest BCUT2D eigenvalue weighted by molar-refractivity contribution is 6.02. The molecule has 2 fully saturated rings. The molecule has 2 saturated carbocycles. The molecule has 0 aromatic heterocycles. The minimum absolute atomic E-state index is 0.0832. The molecule has 2 aliphatic rings. The van der Waals surface area contributed by atoms with Gasteiger partial charge in [-0.05, 0) is 50.0 Å². The highest BCUT2D eigenvalue weighted by Gasteiger charge is 2.39. The molecule has 0 amide bonds. The predicted octanol–water partition coefficient (Wildman–Crippen LogP) is 3.44. The average molecular weight is 244 g/mol. The number of hydrogen-bond acceptors (Lipinski definition) is 2. The molecule has 0 spiro atoms. The van der Waals surface area contributed by atoms with Crippen LogP contribution in [0.1, 0.15) is 66.8 Å². The Labute approximate surface area is 108 Å². The molecule has 3 rings (SSSR count). The molecule has 1 aromatic rings. The maximum atomic E-state index is 12.3. The van der Waals surface area contributed by atoms with Gasteiger partial charge in [0.2, 0.25) is 0 Å². The molecule has 0 saturated heterocycles. The number of Topliss-reactive ketones (excluding diaryl/α,β-unsaturated/α-hetero) is 1. The van der Waals surface area contributed by atoms with E-state index in [1.54, 1.807) is 0 Å². The van der Waals surface area contributed by atoms with E-state index in [-0.39, 0.29) is 5.78 Å². The maximum absolute atomic E-state index is 12.3. The summed E-state index contributed by atoms with van der Waals surface area (Å²) in [5.74, 6) is 0.615. The van der Waals surface area contributed by atoms with E-state index in [0.29, 0.717) is 24.3 Å². The van der Waals surface area contributed by atoms with Crippen LogP contribution >= 0.6 is 0 Å². The van der Waals surface area contributed by atoms with Crippen LogP contribution in [-0.4, -0.2) is 16.5 Å². The molecule has 0 heterocycles. The molecule has 2 heteroatoms. The van der Waals surface area contributed by atoms with Crippen molar-refractivity contribution in [3.05, 3.63) is 35.4 Å². The lowest BCUT2D eigenvalue weighted by atomic mass is 9.79. The van der Waals surface area contributed by atoms with E-state index in [1.807, 2.05) is 12.1 Å². The van der Waals surface area contributed by atoms with Gasteiger partial charge in [0, 0.05) is 5.56 Å². The highest BCUT2D eigenvalue weighted by Crippen LogP contribution is 2.37. The maximum Gasteiger partial charge on any atom is 0.194 e. The number of carbonyl (C=O) groups is 1. The monoisotopic (exact) mass is 244 g/mol. The summed E-state index contributed by atoms with van der Waals surface area (Å²) < 4.78 is 0. The van der Waals surface area contributed by atoms with Gasteiger partial charge in [-0.3, -0.25) is 4.79 Å². The Morgan fingerprint density at radius 3 is 2.17 bits per heavy atom. The van der Waals surface area contributed by atoms with Crippen molar-refractivity contribution < 1.29 is 9.90 Å². The van der Waals surface area contributed by atoms with Gasteiger partial charge in [-0.2, -0.15) is 0 Å². The first-order valence-electron chi connectivity index (χ1n) is 7.06. The standard InChI is InChI=1S/C16H20O2/c17-15(16(18)10-1-2-11-16)14-8-6-13(7-9-14)12-4-3-5-12/h6-9,12,18H,1-5,10-11H2. The van der Waals surface area contributed by atoms with Crippen molar-refractivity contribution in [1.29, 1.82) is 0 Å². The summed E-state index contributed by atoms with van der Waals surface area (Å²) >= 11 is 0. The number of hydrogen-bond donors (Lipinski definition) is 1. The fraction of sp³-hybridized carbons (Fsp3) is 0.562. The molecule has 0 aliphatic heterocycles. The van der Waals surface area contributed by atoms with Crippen LogP contribution in [0, 0.1) is 0 Å². The highest BCUT2D eigenvalue weighted by atomic mass is 16.3. The van der Waals surface area contributed by atoms with Crippen molar-refractivity contribution >= 4 is 5.78 Å². The van der Waals surface area contributed by atoms with Gasteiger partial charge >= 0.3 is 0 Å². The Morgan fingerprint density at radius 1 is 1.06 bits per heavy atom. The minimum Gasteiger partial charge on any atom is -0.382 e. The Hall–Kier alpha value is -1.15. The number of rotatable bonds is 3. The smallest absolute Gasteiger partial charge is 0.194 e. The molecule has 1 N–H and O–H groups in total. The second kappa shape index (κ2) is 4.51. The molecule has 0 radical (unpaired) electrons. The summed E-state index contributed by atoms with van der Waals surface area (Å²) in [7, 11) is 0. The summed E-state index contributed by atoms with van der Waals surface area (Å²) in [5, 5.41) is 10.3. The first-order valence-corrected chi connectivity index (χ1v) is 7.06. The third-order valence-electron chi connectivity index (χ3n) is 4.60. The molecular formula is C16H20O2. The van der Waals surface area contributed by atoms with Gasteiger partial charge in [0.15, 0.2) is 5.78 Å². The molecule has 1 aromatic carbocycles. The van der Waals surface area contributed by atoms with Gasteiger partial charge in [-0.1, -0.05) is 30.7 Å². The van der Waals surface area contributed by atoms with Crippen LogP contribution < -0.4 is 0 Å². The summed E-state index contributed by atoms with van der Waals surface area (Å²) in [6.07, 6.45) is 7.04. The SMILES string of the molecule is O=C(c1ccc(C2CCC2)cc1)C1(O)CCCC1. The molecule has 96 valence electrons. The van der Waals surface area contributed by atoms with Crippen molar-refractivity contribution in [1.82, 2.24) is 0 Å². The van der Waals surface area contributed by atoms with Crippen molar-refractivity contribution in [2.75, 3.05) is 0 Å². The largest absolute Gasteiger partial charge is 0.382 e. The summed E-state index contributed by atoms with van der Waals surface area (Å²) in [4.78, 5) is 12.3. The van der Waals surface area contributed by atoms with Crippen LogP contribution in [0.2, 0.25) is 0 Å². The molecule has 2 aliphatic carbocycles. The fourth-order valence-electron chi connectivity index (χ4n) is 3.10. The van der Waals surface area contributed by atoms with Gasteiger partial charge in [0.05, 0.1) is 0 Å². The van der Waals surface area contributed by atoms with Crippen LogP contribution in [0.15, 0.2) is 24.3 Å². The zero-order chi connectivity index (χ0) is 12.6. The Balaban J connectivity index is 1.77. The van der Waals surface area contributed by atoms with Crippen LogP contribution in [0.5, 0.6) is 0 Å². The minimum atomic E-state index is -1.09. The molecule has 18 heavy (non-hydrogen) atoms. The van der Waals surface area contributed by atoms with Gasteiger partial charge in [-0.25, -0.2) is 0 Å². The predicted molar refractivity (Wildman–Crippen MR) is 70.8 cm³/mol. The lowest BCUT2D eigenvalue weighted by Gasteiger charge is -2.26. The molecular weight excluding hydrogens is 224 g/mol. The Kier molecular flexibility index (Phi) is 2.98. The molecule has 2 nitrogen and oxygen atoms in total. The number of ketones is 1. The first kappa shape index (κ1) is 11.9. The fourth-order valence-corrected chi connectivity index (χ4v) is 3.10. The van der Waals surface area contributed by atoms with E-state index in [2.05, 4.69) is 12.1 Å². The van der Waals surface area contributed by atoms with E-state index < -0.39 is 5.60 Å². The Bertz CT molecular complexity index is 437. The van der Waals surface area contributed by atoms with E-state index in [0.717, 1.165) is 12.8 Å². The lowest BCUT2D eigenvalue weighted by molar-refractivity contribution is 0.0353. The van der Waals surface area contributed by atoms with E-state index in [9.17, 15) is 9.90 Å². The summed E-state index contributed by atoms with van der Waals surface area (Å²) in [6.45, 7) is 0. The van der Waals surface area contributed by atoms with Gasteiger partial charge in [0.1, 0.15) is 5.60 Å². The van der Waals surface area contributed by atoms with E-state index in [4.69, 9.17) is 0 Å². The molecule has 0 atom stereocenters. The van der Waals surface area contributed by atoms with Crippen LogP contribution in [0.3, 0.4) is 0 Å². The molecule has 0 bridgehead atoms. The van der Waals surface area contributed by atoms with Crippen molar-refractivity contribution in [3.63, 3.8) is 0 Å². The zero-order valence-corrected chi connectivity index (χ0v) is 10.7. The lowest BCUT2D eigenvalue weighted by Crippen LogP contribution is -2.35. The van der Waals surface area contributed by atoms with Gasteiger partial charge in [0.25, 0.3) is 0 Å². The third kappa shape index (κ3) is 1.99. The van der Waals surface area contributed by atoms with Crippen LogP contribution in [-0.2, 0) is 0 Å². The van der Waals surface area contributed by atoms with Crippen molar-refractivity contribution in [3.8, 4) is 0 Å². The van der Waals surface area contributed by atoms with Gasteiger partial charge in [-0.15, -0.1) is 0 Å². The second-order valence-corrected chi connectivity index (χ2v) is 5.82. The topological polar surface area (TPSA) is 37.3 Å². The normalized spacial score (nSPS) is 22.7. The van der Waals surface area contributed by atoms with Crippen LogP contribution in [0.25, 0.3) is 0 Å². The van der Waals surface area contributed by atoms with E-state index >= 15 is 0 Å². The number of benzene rings is 1. The summed E-state index contributed by atoms with van der Waals surface area (Å²) in [6, 6.07) is 7.92. The van der Waals surface area contributed by atoms with Crippen molar-refractivity contribution in [2.45, 2.75) is 56.5 Å². The average Bonchev–Trinajstić information content (AvgIpc) is 2.75. The number of carbonyl (C=O) groups excluding carboxylic acids is 1. The quantitative estimate of drug-likeness (QED) is 0.827. The third-order valence-corrected chi connectivity index (χ3v) is 4.60. The molecule has 0 unspecified atom stereocenters. The van der Waals surface area contributed by atoms with E-state index in [1.165, 1.54) is 24.8 Å². The van der Waals surface area contributed by atoms with Crippen LogP contribution in [0.4, 0.5) is 0 Å². The number of aliphatic hydroxyl groups is 1.